The molecule has 3 aromatic rings. The summed E-state index contributed by atoms with van der Waals surface area (Å²) in [4.78, 5) is 0. The molecule has 0 bridgehead atoms. The molecule has 0 aliphatic rings. The van der Waals surface area contributed by atoms with Crippen LogP contribution in [0.4, 0.5) is 0 Å². The maximum atomic E-state index is 7.25. The normalized spacial score (nSPS) is 17.8. The van der Waals surface area contributed by atoms with Gasteiger partial charge in [0.2, 0.25) is 25.0 Å². The zero-order valence-corrected chi connectivity index (χ0v) is 28.0. The quantitative estimate of drug-likeness (QED) is 0.164. The number of rotatable bonds is 12. The van der Waals surface area contributed by atoms with Crippen LogP contribution in [0.15, 0.2) is 91.0 Å². The molecule has 3 aromatic carbocycles. The van der Waals surface area contributed by atoms with Crippen molar-refractivity contribution in [3.05, 3.63) is 91.0 Å². The number of hydrogen-bond acceptors (Lipinski definition) is 3. The van der Waals surface area contributed by atoms with Gasteiger partial charge in [-0.1, -0.05) is 133 Å². The first-order valence-electron chi connectivity index (χ1n) is 13.5. The average molecular weight is 569 g/mol. The van der Waals surface area contributed by atoms with E-state index in [2.05, 4.69) is 152 Å². The molecule has 3 atom stereocenters. The third kappa shape index (κ3) is 6.80. The lowest BCUT2D eigenvalue weighted by Crippen LogP contribution is -2.55. The summed E-state index contributed by atoms with van der Waals surface area (Å²) in [6, 6.07) is 32.2. The van der Waals surface area contributed by atoms with Crippen molar-refractivity contribution in [3.63, 3.8) is 0 Å². The van der Waals surface area contributed by atoms with Crippen molar-refractivity contribution in [1.82, 2.24) is 0 Å². The summed E-state index contributed by atoms with van der Waals surface area (Å²) >= 11 is 0. The second-order valence-electron chi connectivity index (χ2n) is 11.4. The van der Waals surface area contributed by atoms with Crippen LogP contribution in [0.5, 0.6) is 0 Å². The van der Waals surface area contributed by atoms with Crippen LogP contribution in [0.25, 0.3) is 0 Å². The van der Waals surface area contributed by atoms with Gasteiger partial charge in [0.25, 0.3) is 0 Å². The summed E-state index contributed by atoms with van der Waals surface area (Å²) in [6.07, 6.45) is 0. The minimum absolute atomic E-state index is 0.361. The molecule has 7 heteroatoms. The minimum atomic E-state index is -2.41. The fraction of sp³-hybridized carbons (Fsp3) is 0.400. The molecular weight excluding hydrogens is 524 g/mol. The molecule has 3 rings (SSSR count). The number of benzene rings is 3. The van der Waals surface area contributed by atoms with Crippen molar-refractivity contribution >= 4 is 49.1 Å². The fourth-order valence-corrected chi connectivity index (χ4v) is 17.8. The maximum absolute atomic E-state index is 7.25. The lowest BCUT2D eigenvalue weighted by Gasteiger charge is -2.43. The second kappa shape index (κ2) is 12.6. The summed E-state index contributed by atoms with van der Waals surface area (Å²) < 4.78 is 21.7. The van der Waals surface area contributed by atoms with Gasteiger partial charge in [0.15, 0.2) is 0 Å². The van der Waals surface area contributed by atoms with E-state index in [9.17, 15) is 0 Å². The van der Waals surface area contributed by atoms with E-state index in [1.807, 2.05) is 0 Å². The molecule has 0 radical (unpaired) electrons. The molecule has 0 aromatic heterocycles. The first-order valence-corrected chi connectivity index (χ1v) is 22.0. The zero-order chi connectivity index (χ0) is 27.3. The molecular formula is C30H45O3PSi3. The summed E-state index contributed by atoms with van der Waals surface area (Å²) in [6.45, 7) is 20.6. The Hall–Kier alpha value is -1.38. The molecule has 0 heterocycles. The van der Waals surface area contributed by atoms with Crippen molar-refractivity contribution in [2.45, 2.75) is 77.8 Å². The topological polar surface area (TPSA) is 27.7 Å². The van der Waals surface area contributed by atoms with E-state index >= 15 is 0 Å². The number of hydrogen-bond donors (Lipinski definition) is 0. The highest BCUT2D eigenvalue weighted by Gasteiger charge is 2.48. The van der Waals surface area contributed by atoms with Gasteiger partial charge in [-0.3, -0.25) is 0 Å². The zero-order valence-electron chi connectivity index (χ0n) is 24.1. The van der Waals surface area contributed by atoms with Crippen molar-refractivity contribution < 1.29 is 12.6 Å². The van der Waals surface area contributed by atoms with Gasteiger partial charge >= 0.3 is 8.60 Å². The third-order valence-electron chi connectivity index (χ3n) is 8.14. The van der Waals surface area contributed by atoms with E-state index in [0.717, 1.165) is 0 Å². The van der Waals surface area contributed by atoms with Gasteiger partial charge in [-0.15, -0.1) is 0 Å². The molecule has 0 amide bonds. The van der Waals surface area contributed by atoms with Crippen LogP contribution in [-0.4, -0.2) is 25.0 Å². The third-order valence-corrected chi connectivity index (χ3v) is 25.5. The van der Waals surface area contributed by atoms with Gasteiger partial charge in [0.1, 0.15) is 0 Å². The Morgan fingerprint density at radius 2 is 0.649 bits per heavy atom. The van der Waals surface area contributed by atoms with Crippen molar-refractivity contribution in [1.29, 1.82) is 0 Å². The molecule has 0 aliphatic heterocycles. The molecule has 3 unspecified atom stereocenters. The van der Waals surface area contributed by atoms with Crippen LogP contribution in [0.3, 0.4) is 0 Å². The van der Waals surface area contributed by atoms with Crippen LogP contribution in [0.2, 0.25) is 36.3 Å². The Kier molecular flexibility index (Phi) is 10.3. The van der Waals surface area contributed by atoms with Crippen LogP contribution in [0.1, 0.15) is 41.5 Å². The average Bonchev–Trinajstić information content (AvgIpc) is 2.89. The lowest BCUT2D eigenvalue weighted by molar-refractivity contribution is 0.373. The van der Waals surface area contributed by atoms with E-state index in [1.54, 1.807) is 0 Å². The van der Waals surface area contributed by atoms with E-state index in [-0.39, 0.29) is 0 Å². The monoisotopic (exact) mass is 568 g/mol. The van der Waals surface area contributed by atoms with Crippen LogP contribution in [0, 0.1) is 0 Å². The molecule has 200 valence electrons. The summed E-state index contributed by atoms with van der Waals surface area (Å²) in [5.41, 5.74) is 1.08. The van der Waals surface area contributed by atoms with Gasteiger partial charge in [-0.05, 0) is 51.8 Å². The Balaban J connectivity index is 2.11. The first kappa shape index (κ1) is 30.2. The maximum Gasteiger partial charge on any atom is 0.301 e. The second-order valence-corrected chi connectivity index (χ2v) is 25.9. The highest BCUT2D eigenvalue weighted by Crippen LogP contribution is 2.52. The van der Waals surface area contributed by atoms with E-state index in [1.165, 1.54) is 15.6 Å². The van der Waals surface area contributed by atoms with Crippen molar-refractivity contribution in [2.75, 3.05) is 0 Å². The highest BCUT2D eigenvalue weighted by molar-refractivity contribution is 7.48. The summed E-state index contributed by atoms with van der Waals surface area (Å²) in [5, 5.41) is 3.85. The molecule has 3 nitrogen and oxygen atoms in total. The Bertz CT molecular complexity index is 959. The first-order chi connectivity index (χ1) is 17.4. The SMILES string of the molecule is CC(C)[Si](C)(OP(O[Si](C)(c1ccccc1)C(C)C)O[Si](C)(c1ccccc1)C(C)C)c1ccccc1. The van der Waals surface area contributed by atoms with Crippen molar-refractivity contribution in [3.8, 4) is 0 Å². The van der Waals surface area contributed by atoms with E-state index in [0.29, 0.717) is 16.6 Å². The van der Waals surface area contributed by atoms with Gasteiger partial charge in [-0.2, -0.15) is 0 Å². The van der Waals surface area contributed by atoms with Gasteiger partial charge in [0, 0.05) is 0 Å². The van der Waals surface area contributed by atoms with Gasteiger partial charge in [-0.25, -0.2) is 0 Å². The predicted molar refractivity (Wildman–Crippen MR) is 169 cm³/mol. The van der Waals surface area contributed by atoms with Crippen LogP contribution in [-0.2, 0) is 12.6 Å². The molecule has 0 spiro atoms. The molecule has 0 fully saturated rings. The fourth-order valence-electron chi connectivity index (χ4n) is 4.30. The smallest absolute Gasteiger partial charge is 0.301 e. The van der Waals surface area contributed by atoms with Gasteiger partial charge < -0.3 is 12.6 Å². The van der Waals surface area contributed by atoms with E-state index < -0.39 is 33.6 Å². The highest BCUT2D eigenvalue weighted by atomic mass is 31.2. The Morgan fingerprint density at radius 1 is 0.432 bits per heavy atom. The summed E-state index contributed by atoms with van der Waals surface area (Å²) in [5.74, 6) is 0. The lowest BCUT2D eigenvalue weighted by atomic mass is 10.4. The molecule has 0 aliphatic carbocycles. The van der Waals surface area contributed by atoms with E-state index in [4.69, 9.17) is 12.6 Å². The minimum Gasteiger partial charge on any atom is -0.350 e. The molecule has 0 saturated carbocycles. The van der Waals surface area contributed by atoms with Crippen LogP contribution >= 0.6 is 8.60 Å². The largest absolute Gasteiger partial charge is 0.350 e. The standard InChI is InChI=1S/C30H45O3PSi3/c1-25(2)35(7,28-19-13-10-14-20-28)31-34(32-36(8,26(3)4)29-21-15-11-16-22-29)33-37(9,27(5)6)30-23-17-12-18-24-30/h10-27H,1-9H3. The molecule has 37 heavy (non-hydrogen) atoms. The Morgan fingerprint density at radius 3 is 0.838 bits per heavy atom. The van der Waals surface area contributed by atoms with Crippen LogP contribution < -0.4 is 15.6 Å². The molecule has 0 N–H and O–H groups in total. The Labute approximate surface area is 230 Å². The van der Waals surface area contributed by atoms with Crippen molar-refractivity contribution in [2.24, 2.45) is 0 Å². The predicted octanol–water partition coefficient (Wildman–Crippen LogP) is 7.94. The van der Waals surface area contributed by atoms with Gasteiger partial charge in [0.05, 0.1) is 0 Å². The summed E-state index contributed by atoms with van der Waals surface area (Å²) in [7, 11) is -8.85. The molecule has 0 saturated heterocycles.